The van der Waals surface area contributed by atoms with E-state index in [9.17, 15) is 18.1 Å². The van der Waals surface area contributed by atoms with E-state index in [1.165, 1.54) is 6.07 Å². The van der Waals surface area contributed by atoms with Crippen molar-refractivity contribution in [2.75, 3.05) is 16.8 Å². The highest BCUT2D eigenvalue weighted by atomic mass is 32.2. The number of anilines is 1. The Morgan fingerprint density at radius 3 is 2.62 bits per heavy atom. The zero-order valence-corrected chi connectivity index (χ0v) is 18.8. The van der Waals surface area contributed by atoms with Gasteiger partial charge in [-0.3, -0.25) is 4.98 Å². The SMILES string of the molecule is CCS(=O)(=O)CC1CCC(Nc2cc(-c3ccc(F)c(C#N)c3)cc3ccncc23)CC1. The molecule has 0 aliphatic heterocycles. The highest BCUT2D eigenvalue weighted by molar-refractivity contribution is 7.91. The largest absolute Gasteiger partial charge is 0.382 e. The third kappa shape index (κ3) is 4.91. The number of nitriles is 1. The van der Waals surface area contributed by atoms with Gasteiger partial charge in [-0.25, -0.2) is 12.8 Å². The Hall–Kier alpha value is -2.98. The monoisotopic (exact) mass is 451 g/mol. The number of halogens is 1. The third-order valence-electron chi connectivity index (χ3n) is 6.31. The van der Waals surface area contributed by atoms with Gasteiger partial charge in [-0.15, -0.1) is 0 Å². The van der Waals surface area contributed by atoms with E-state index in [-0.39, 0.29) is 29.0 Å². The number of aromatic nitrogens is 1. The normalized spacial score (nSPS) is 18.9. The van der Waals surface area contributed by atoms with Crippen molar-refractivity contribution in [3.05, 3.63) is 60.2 Å². The van der Waals surface area contributed by atoms with Crippen LogP contribution in [0.2, 0.25) is 0 Å². The molecule has 3 aromatic rings. The number of nitrogens with one attached hydrogen (secondary N) is 1. The van der Waals surface area contributed by atoms with E-state index < -0.39 is 15.7 Å². The summed E-state index contributed by atoms with van der Waals surface area (Å²) in [6, 6.07) is 12.7. The lowest BCUT2D eigenvalue weighted by Crippen LogP contribution is -2.29. The van der Waals surface area contributed by atoms with Gasteiger partial charge in [0.1, 0.15) is 21.7 Å². The number of pyridine rings is 1. The molecular weight excluding hydrogens is 425 g/mol. The third-order valence-corrected chi connectivity index (χ3v) is 8.17. The van der Waals surface area contributed by atoms with E-state index in [1.807, 2.05) is 30.5 Å². The fourth-order valence-electron chi connectivity index (χ4n) is 4.45. The van der Waals surface area contributed by atoms with Crippen molar-refractivity contribution < 1.29 is 12.8 Å². The summed E-state index contributed by atoms with van der Waals surface area (Å²) in [5, 5.41) is 14.8. The van der Waals surface area contributed by atoms with E-state index in [4.69, 9.17) is 0 Å². The molecule has 5 nitrogen and oxygen atoms in total. The van der Waals surface area contributed by atoms with Gasteiger partial charge in [0.15, 0.2) is 0 Å². The number of fused-ring (bicyclic) bond motifs is 1. The summed E-state index contributed by atoms with van der Waals surface area (Å²) >= 11 is 0. The Kier molecular flexibility index (Phi) is 6.43. The van der Waals surface area contributed by atoms with Gasteiger partial charge in [0.25, 0.3) is 0 Å². The van der Waals surface area contributed by atoms with Crippen LogP contribution in [0.1, 0.15) is 38.2 Å². The molecular formula is C25H26FN3O2S. The van der Waals surface area contributed by atoms with Crippen LogP contribution in [0.3, 0.4) is 0 Å². The maximum Gasteiger partial charge on any atom is 0.150 e. The molecule has 7 heteroatoms. The van der Waals surface area contributed by atoms with Crippen LogP contribution >= 0.6 is 0 Å². The van der Waals surface area contributed by atoms with Crippen LogP contribution in [-0.2, 0) is 9.84 Å². The number of hydrogen-bond acceptors (Lipinski definition) is 5. The summed E-state index contributed by atoms with van der Waals surface area (Å²) in [5.74, 6) is 0.186. The minimum absolute atomic E-state index is 0.0205. The maximum absolute atomic E-state index is 13.8. The molecule has 1 saturated carbocycles. The van der Waals surface area contributed by atoms with Crippen LogP contribution in [-0.4, -0.2) is 30.9 Å². The van der Waals surface area contributed by atoms with Crippen molar-refractivity contribution in [2.24, 2.45) is 5.92 Å². The second-order valence-corrected chi connectivity index (χ2v) is 10.9. The molecule has 1 aromatic heterocycles. The molecule has 0 atom stereocenters. The average molecular weight is 452 g/mol. The zero-order chi connectivity index (χ0) is 22.7. The van der Waals surface area contributed by atoms with Crippen molar-refractivity contribution in [2.45, 2.75) is 38.6 Å². The molecule has 32 heavy (non-hydrogen) atoms. The van der Waals surface area contributed by atoms with Gasteiger partial charge < -0.3 is 5.32 Å². The van der Waals surface area contributed by atoms with Crippen LogP contribution in [0, 0.1) is 23.1 Å². The lowest BCUT2D eigenvalue weighted by Gasteiger charge is -2.30. The molecule has 0 saturated heterocycles. The van der Waals surface area contributed by atoms with Crippen molar-refractivity contribution >= 4 is 26.3 Å². The molecule has 0 bridgehead atoms. The number of nitrogens with zero attached hydrogens (tertiary/aromatic N) is 2. The van der Waals surface area contributed by atoms with E-state index >= 15 is 0 Å². The lowest BCUT2D eigenvalue weighted by molar-refractivity contribution is 0.361. The van der Waals surface area contributed by atoms with E-state index in [1.54, 1.807) is 25.3 Å². The van der Waals surface area contributed by atoms with Gasteiger partial charge in [0.2, 0.25) is 0 Å². The standard InChI is InChI=1S/C25H26FN3O2S/c1-2-32(30,31)16-17-3-6-22(7-4-17)29-25-13-20(12-19-9-10-28-15-23(19)25)18-5-8-24(26)21(11-18)14-27/h5,8-13,15,17,22,29H,2-4,6-7,16H2,1H3. The fraction of sp³-hybridized carbons (Fsp3) is 0.360. The Labute approximate surface area is 188 Å². The lowest BCUT2D eigenvalue weighted by atomic mass is 9.87. The first-order valence-electron chi connectivity index (χ1n) is 10.9. The predicted octanol–water partition coefficient (Wildman–Crippen LogP) is 5.32. The second kappa shape index (κ2) is 9.25. The first-order valence-corrected chi connectivity index (χ1v) is 12.8. The van der Waals surface area contributed by atoms with Gasteiger partial charge in [0, 0.05) is 35.3 Å². The Balaban J connectivity index is 1.59. The van der Waals surface area contributed by atoms with Crippen LogP contribution in [0.25, 0.3) is 21.9 Å². The molecule has 0 unspecified atom stereocenters. The van der Waals surface area contributed by atoms with Crippen LogP contribution in [0.5, 0.6) is 0 Å². The van der Waals surface area contributed by atoms with E-state index in [0.717, 1.165) is 53.3 Å². The van der Waals surface area contributed by atoms with Gasteiger partial charge >= 0.3 is 0 Å². The molecule has 1 heterocycles. The Morgan fingerprint density at radius 2 is 1.91 bits per heavy atom. The summed E-state index contributed by atoms with van der Waals surface area (Å²) in [4.78, 5) is 4.27. The topological polar surface area (TPSA) is 82.9 Å². The van der Waals surface area contributed by atoms with Crippen molar-refractivity contribution in [3.8, 4) is 17.2 Å². The number of rotatable bonds is 6. The molecule has 1 fully saturated rings. The Morgan fingerprint density at radius 1 is 1.12 bits per heavy atom. The Bertz CT molecular complexity index is 1280. The average Bonchev–Trinajstić information content (AvgIpc) is 2.80. The fourth-order valence-corrected chi connectivity index (χ4v) is 5.73. The van der Waals surface area contributed by atoms with Gasteiger partial charge in [-0.05, 0) is 78.4 Å². The molecule has 1 N–H and O–H groups in total. The minimum atomic E-state index is -2.95. The predicted molar refractivity (Wildman–Crippen MR) is 126 cm³/mol. The van der Waals surface area contributed by atoms with Gasteiger partial charge in [0.05, 0.1) is 11.3 Å². The zero-order valence-electron chi connectivity index (χ0n) is 18.0. The molecule has 2 aromatic carbocycles. The van der Waals surface area contributed by atoms with Crippen molar-refractivity contribution in [3.63, 3.8) is 0 Å². The molecule has 0 amide bonds. The van der Waals surface area contributed by atoms with Crippen LogP contribution in [0.15, 0.2) is 48.8 Å². The van der Waals surface area contributed by atoms with Gasteiger partial charge in [-0.2, -0.15) is 5.26 Å². The number of sulfone groups is 1. The highest BCUT2D eigenvalue weighted by Crippen LogP contribution is 2.34. The quantitative estimate of drug-likeness (QED) is 0.549. The van der Waals surface area contributed by atoms with Crippen molar-refractivity contribution in [1.29, 1.82) is 5.26 Å². The van der Waals surface area contributed by atoms with Gasteiger partial charge in [-0.1, -0.05) is 13.0 Å². The molecule has 166 valence electrons. The highest BCUT2D eigenvalue weighted by Gasteiger charge is 2.25. The molecule has 1 aliphatic rings. The summed E-state index contributed by atoms with van der Waals surface area (Å²) in [5.41, 5.74) is 2.63. The van der Waals surface area contributed by atoms with Crippen LogP contribution in [0.4, 0.5) is 10.1 Å². The first-order chi connectivity index (χ1) is 15.4. The number of benzene rings is 2. The summed E-state index contributed by atoms with van der Waals surface area (Å²) in [7, 11) is -2.95. The molecule has 0 radical (unpaired) electrons. The summed E-state index contributed by atoms with van der Waals surface area (Å²) in [6.45, 7) is 1.70. The molecule has 4 rings (SSSR count). The summed E-state index contributed by atoms with van der Waals surface area (Å²) < 4.78 is 37.7. The van der Waals surface area contributed by atoms with E-state index in [2.05, 4.69) is 10.3 Å². The smallest absolute Gasteiger partial charge is 0.150 e. The molecule has 1 aliphatic carbocycles. The maximum atomic E-state index is 13.8. The molecule has 0 spiro atoms. The van der Waals surface area contributed by atoms with Crippen molar-refractivity contribution in [1.82, 2.24) is 4.98 Å². The van der Waals surface area contributed by atoms with E-state index in [0.29, 0.717) is 0 Å². The first kappa shape index (κ1) is 22.2. The van der Waals surface area contributed by atoms with Crippen LogP contribution < -0.4 is 5.32 Å². The number of hydrogen-bond donors (Lipinski definition) is 1. The minimum Gasteiger partial charge on any atom is -0.382 e. The second-order valence-electron chi connectivity index (χ2n) is 8.49. The summed E-state index contributed by atoms with van der Waals surface area (Å²) in [6.07, 6.45) is 7.15.